The molecule has 28 heavy (non-hydrogen) atoms. The van der Waals surface area contributed by atoms with Crippen molar-refractivity contribution in [1.29, 1.82) is 0 Å². The number of halogens is 1. The Labute approximate surface area is 162 Å². The smallest absolute Gasteiger partial charge is 0.220 e. The topological polar surface area (TPSA) is 93.0 Å². The van der Waals surface area contributed by atoms with Crippen molar-refractivity contribution in [2.24, 2.45) is 0 Å². The van der Waals surface area contributed by atoms with Gasteiger partial charge in [-0.2, -0.15) is 0 Å². The van der Waals surface area contributed by atoms with Gasteiger partial charge in [-0.15, -0.1) is 0 Å². The minimum Gasteiger partial charge on any atom is -0.368 e. The largest absolute Gasteiger partial charge is 0.368 e. The molecule has 2 aliphatic rings. The van der Waals surface area contributed by atoms with Crippen LogP contribution in [0.2, 0.25) is 0 Å². The summed E-state index contributed by atoms with van der Waals surface area (Å²) in [5, 5.41) is 0. The molecule has 1 spiro atoms. The number of benzene rings is 1. The molecular weight excluding hydrogens is 359 g/mol. The van der Waals surface area contributed by atoms with Gasteiger partial charge >= 0.3 is 0 Å². The molecule has 0 aliphatic carbocycles. The first-order valence-electron chi connectivity index (χ1n) is 9.74. The first-order valence-corrected chi connectivity index (χ1v) is 9.74. The number of imidazole rings is 1. The average molecular weight is 382 g/mol. The van der Waals surface area contributed by atoms with Crippen molar-refractivity contribution in [1.82, 2.24) is 24.8 Å². The number of nitrogens with two attached hydrogens (primary N) is 1. The van der Waals surface area contributed by atoms with Gasteiger partial charge in [0.2, 0.25) is 5.95 Å². The van der Waals surface area contributed by atoms with E-state index in [0.29, 0.717) is 12.6 Å². The lowest BCUT2D eigenvalue weighted by molar-refractivity contribution is -0.101. The second-order valence-corrected chi connectivity index (χ2v) is 7.63. The zero-order valence-corrected chi connectivity index (χ0v) is 15.6. The number of nitrogens with zero attached hydrogens (tertiary/aromatic N) is 4. The first kappa shape index (κ1) is 17.5. The molecule has 0 atom stereocenters. The van der Waals surface area contributed by atoms with Gasteiger partial charge in [-0.05, 0) is 43.0 Å². The van der Waals surface area contributed by atoms with E-state index in [-0.39, 0.29) is 11.4 Å². The molecule has 0 bridgehead atoms. The average Bonchev–Trinajstić information content (AvgIpc) is 3.10. The maximum Gasteiger partial charge on any atom is 0.220 e. The van der Waals surface area contributed by atoms with Crippen LogP contribution in [0.3, 0.4) is 0 Å². The van der Waals surface area contributed by atoms with E-state index in [1.54, 1.807) is 6.07 Å². The SMILES string of the molecule is Nc1ncc2c(n1)C1(CCN(CCc3nc4ccc(F)cc4[nH]3)CC1)OCC2. The molecule has 0 amide bonds. The summed E-state index contributed by atoms with van der Waals surface area (Å²) in [6, 6.07) is 4.64. The fraction of sp³-hybridized carbons (Fsp3) is 0.450. The molecule has 0 saturated carbocycles. The van der Waals surface area contributed by atoms with E-state index >= 15 is 0 Å². The number of fused-ring (bicyclic) bond motifs is 3. The lowest BCUT2D eigenvalue weighted by Crippen LogP contribution is -2.47. The Morgan fingerprint density at radius 1 is 1.25 bits per heavy atom. The van der Waals surface area contributed by atoms with Gasteiger partial charge in [0, 0.05) is 32.3 Å². The molecule has 0 unspecified atom stereocenters. The Kier molecular flexibility index (Phi) is 4.25. The van der Waals surface area contributed by atoms with E-state index in [9.17, 15) is 4.39 Å². The molecule has 1 fully saturated rings. The van der Waals surface area contributed by atoms with E-state index in [2.05, 4.69) is 24.8 Å². The van der Waals surface area contributed by atoms with Gasteiger partial charge in [-0.1, -0.05) is 0 Å². The summed E-state index contributed by atoms with van der Waals surface area (Å²) in [6.45, 7) is 3.46. The van der Waals surface area contributed by atoms with Crippen molar-refractivity contribution in [3.63, 3.8) is 0 Å². The maximum atomic E-state index is 13.3. The normalized spacial score (nSPS) is 19.2. The Morgan fingerprint density at radius 3 is 2.96 bits per heavy atom. The van der Waals surface area contributed by atoms with Crippen molar-refractivity contribution < 1.29 is 9.13 Å². The van der Waals surface area contributed by atoms with Crippen LogP contribution in [0.25, 0.3) is 11.0 Å². The predicted octanol–water partition coefficient (Wildman–Crippen LogP) is 2.18. The summed E-state index contributed by atoms with van der Waals surface area (Å²) in [5.41, 5.74) is 9.18. The van der Waals surface area contributed by atoms with Gasteiger partial charge in [-0.25, -0.2) is 19.3 Å². The molecule has 146 valence electrons. The number of nitrogen functional groups attached to an aromatic ring is 1. The summed E-state index contributed by atoms with van der Waals surface area (Å²) in [7, 11) is 0. The molecule has 4 heterocycles. The monoisotopic (exact) mass is 382 g/mol. The number of aromatic amines is 1. The van der Waals surface area contributed by atoms with Gasteiger partial charge in [0.15, 0.2) is 0 Å². The van der Waals surface area contributed by atoms with Crippen LogP contribution >= 0.6 is 0 Å². The summed E-state index contributed by atoms with van der Waals surface area (Å²) >= 11 is 0. The number of ether oxygens (including phenoxy) is 1. The number of hydrogen-bond acceptors (Lipinski definition) is 6. The first-order chi connectivity index (χ1) is 13.6. The molecule has 5 rings (SSSR count). The fourth-order valence-corrected chi connectivity index (χ4v) is 4.36. The molecule has 2 aliphatic heterocycles. The third-order valence-corrected chi connectivity index (χ3v) is 5.89. The fourth-order valence-electron chi connectivity index (χ4n) is 4.36. The zero-order valence-electron chi connectivity index (χ0n) is 15.6. The van der Waals surface area contributed by atoms with Crippen LogP contribution in [-0.2, 0) is 23.2 Å². The van der Waals surface area contributed by atoms with Gasteiger partial charge in [0.1, 0.15) is 17.2 Å². The Morgan fingerprint density at radius 2 is 2.11 bits per heavy atom. The second kappa shape index (κ2) is 6.79. The molecule has 7 nitrogen and oxygen atoms in total. The van der Waals surface area contributed by atoms with Crippen LogP contribution in [0.15, 0.2) is 24.4 Å². The lowest BCUT2D eigenvalue weighted by Gasteiger charge is -2.44. The van der Waals surface area contributed by atoms with Crippen molar-refractivity contribution >= 4 is 17.0 Å². The van der Waals surface area contributed by atoms with Gasteiger partial charge < -0.3 is 20.4 Å². The second-order valence-electron chi connectivity index (χ2n) is 7.63. The number of nitrogens with one attached hydrogen (secondary N) is 1. The highest BCUT2D eigenvalue weighted by atomic mass is 19.1. The highest BCUT2D eigenvalue weighted by molar-refractivity contribution is 5.74. The molecule has 1 aromatic carbocycles. The van der Waals surface area contributed by atoms with E-state index in [4.69, 9.17) is 10.5 Å². The Hall–Kier alpha value is -2.58. The molecule has 3 N–H and O–H groups in total. The van der Waals surface area contributed by atoms with E-state index in [1.807, 2.05) is 6.20 Å². The van der Waals surface area contributed by atoms with Crippen molar-refractivity contribution in [3.8, 4) is 0 Å². The van der Waals surface area contributed by atoms with Gasteiger partial charge in [0.25, 0.3) is 0 Å². The Balaban J connectivity index is 1.25. The number of piperidine rings is 1. The highest BCUT2D eigenvalue weighted by Crippen LogP contribution is 2.40. The van der Waals surface area contributed by atoms with E-state index in [1.165, 1.54) is 12.1 Å². The van der Waals surface area contributed by atoms with E-state index < -0.39 is 0 Å². The van der Waals surface area contributed by atoms with Crippen molar-refractivity contribution in [3.05, 3.63) is 47.3 Å². The zero-order chi connectivity index (χ0) is 19.1. The summed E-state index contributed by atoms with van der Waals surface area (Å²) in [4.78, 5) is 18.8. The Bertz CT molecular complexity index is 1010. The number of aromatic nitrogens is 4. The lowest BCUT2D eigenvalue weighted by atomic mass is 9.83. The van der Waals surface area contributed by atoms with Crippen molar-refractivity contribution in [2.45, 2.75) is 31.3 Å². The number of likely N-dealkylation sites (tertiary alicyclic amines) is 1. The number of H-pyrrole nitrogens is 1. The third-order valence-electron chi connectivity index (χ3n) is 5.89. The van der Waals surface area contributed by atoms with Crippen LogP contribution in [-0.4, -0.2) is 51.1 Å². The molecule has 8 heteroatoms. The molecular formula is C20H23FN6O. The van der Waals surface area contributed by atoms with Crippen LogP contribution in [0.1, 0.15) is 29.9 Å². The number of rotatable bonds is 3. The van der Waals surface area contributed by atoms with Gasteiger partial charge in [0.05, 0.1) is 23.3 Å². The van der Waals surface area contributed by atoms with E-state index in [0.717, 1.165) is 73.4 Å². The minimum atomic E-state index is -0.335. The maximum absolute atomic E-state index is 13.3. The van der Waals surface area contributed by atoms with Crippen LogP contribution < -0.4 is 5.73 Å². The standard InChI is InChI=1S/C20H23FN6O/c21-14-1-2-15-16(11-14)25-17(24-15)3-7-27-8-5-20(6-9-27)18-13(4-10-28-20)12-23-19(22)26-18/h1-2,11-12H,3-10H2,(H,24,25)(H2,22,23,26). The minimum absolute atomic E-state index is 0.249. The number of hydrogen-bond donors (Lipinski definition) is 2. The molecule has 3 aromatic rings. The third kappa shape index (κ3) is 3.12. The molecule has 2 aromatic heterocycles. The van der Waals surface area contributed by atoms with Crippen LogP contribution in [0, 0.1) is 5.82 Å². The molecule has 1 saturated heterocycles. The van der Waals surface area contributed by atoms with Crippen molar-refractivity contribution in [2.75, 3.05) is 32.0 Å². The predicted molar refractivity (Wildman–Crippen MR) is 103 cm³/mol. The summed E-state index contributed by atoms with van der Waals surface area (Å²) < 4.78 is 19.6. The summed E-state index contributed by atoms with van der Waals surface area (Å²) in [5.74, 6) is 0.953. The van der Waals surface area contributed by atoms with Crippen LogP contribution in [0.4, 0.5) is 10.3 Å². The molecule has 0 radical (unpaired) electrons. The van der Waals surface area contributed by atoms with Gasteiger partial charge in [-0.3, -0.25) is 0 Å². The summed E-state index contributed by atoms with van der Waals surface area (Å²) in [6.07, 6.45) is 5.27. The van der Waals surface area contributed by atoms with Crippen LogP contribution in [0.5, 0.6) is 0 Å². The number of anilines is 1. The highest BCUT2D eigenvalue weighted by Gasteiger charge is 2.42. The quantitative estimate of drug-likeness (QED) is 0.721.